The van der Waals surface area contributed by atoms with Gasteiger partial charge in [0.15, 0.2) is 11.9 Å². The molecule has 0 saturated carbocycles. The number of halogens is 2. The fourth-order valence-electron chi connectivity index (χ4n) is 4.84. The highest BCUT2D eigenvalue weighted by atomic mass is 19.1. The first-order valence-corrected chi connectivity index (χ1v) is 11.9. The summed E-state index contributed by atoms with van der Waals surface area (Å²) in [4.78, 5) is 15.6. The van der Waals surface area contributed by atoms with Gasteiger partial charge in [-0.2, -0.15) is 4.98 Å². The predicted molar refractivity (Wildman–Crippen MR) is 130 cm³/mol. The molecule has 0 unspecified atom stereocenters. The van der Waals surface area contributed by atoms with E-state index in [0.717, 1.165) is 22.9 Å². The smallest absolute Gasteiger partial charge is 0.303 e. The second-order valence-corrected chi connectivity index (χ2v) is 8.78. The summed E-state index contributed by atoms with van der Waals surface area (Å²) in [6, 6.07) is 13.2. The number of nitrogens with one attached hydrogen (secondary N) is 1. The first-order valence-electron chi connectivity index (χ1n) is 11.9. The Kier molecular flexibility index (Phi) is 5.58. The summed E-state index contributed by atoms with van der Waals surface area (Å²) < 4.78 is 53.0. The summed E-state index contributed by atoms with van der Waals surface area (Å²) in [7, 11) is 0. The van der Waals surface area contributed by atoms with Crippen LogP contribution in [-0.4, -0.2) is 35.3 Å². The third kappa shape index (κ3) is 3.98. The Balaban J connectivity index is 1.34. The van der Waals surface area contributed by atoms with Crippen LogP contribution in [0.25, 0.3) is 16.7 Å². The molecular formula is C27H23F2N3O5. The SMILES string of the molecule is CCOc1nc2c(F)cc(F)cc2n1-c1cccc2c1OC[C@H]2Nc1ccc2c(c1)OC[C@H]2OC(C)=O. The third-order valence-electron chi connectivity index (χ3n) is 6.36. The van der Waals surface area contributed by atoms with Crippen molar-refractivity contribution in [2.45, 2.75) is 26.0 Å². The number of imidazole rings is 1. The van der Waals surface area contributed by atoms with Crippen molar-refractivity contribution in [2.75, 3.05) is 25.1 Å². The van der Waals surface area contributed by atoms with Crippen LogP contribution >= 0.6 is 0 Å². The fraction of sp³-hybridized carbons (Fsp3) is 0.259. The van der Waals surface area contributed by atoms with Crippen LogP contribution in [0.2, 0.25) is 0 Å². The van der Waals surface area contributed by atoms with Gasteiger partial charge < -0.3 is 24.3 Å². The van der Waals surface area contributed by atoms with Gasteiger partial charge in [0.25, 0.3) is 0 Å². The lowest BCUT2D eigenvalue weighted by molar-refractivity contribution is -0.147. The van der Waals surface area contributed by atoms with E-state index in [0.29, 0.717) is 30.4 Å². The Labute approximate surface area is 210 Å². The molecule has 0 radical (unpaired) electrons. The summed E-state index contributed by atoms with van der Waals surface area (Å²) in [6.45, 7) is 4.07. The number of esters is 1. The number of fused-ring (bicyclic) bond motifs is 3. The molecule has 2 aliphatic rings. The summed E-state index contributed by atoms with van der Waals surface area (Å²) >= 11 is 0. The Morgan fingerprint density at radius 1 is 1.14 bits per heavy atom. The highest BCUT2D eigenvalue weighted by molar-refractivity contribution is 5.81. The number of aromatic nitrogens is 2. The van der Waals surface area contributed by atoms with E-state index in [1.807, 2.05) is 30.3 Å². The minimum absolute atomic E-state index is 0.0142. The molecule has 0 saturated heterocycles. The molecule has 0 fully saturated rings. The van der Waals surface area contributed by atoms with Crippen LogP contribution in [0.1, 0.15) is 37.1 Å². The number of carbonyl (C=O) groups is 1. The van der Waals surface area contributed by atoms with Gasteiger partial charge in [-0.15, -0.1) is 0 Å². The van der Waals surface area contributed by atoms with Gasteiger partial charge in [-0.25, -0.2) is 8.78 Å². The Morgan fingerprint density at radius 3 is 2.81 bits per heavy atom. The van der Waals surface area contributed by atoms with Crippen LogP contribution in [-0.2, 0) is 9.53 Å². The second kappa shape index (κ2) is 8.95. The number of carbonyl (C=O) groups excluding carboxylic acids is 1. The molecule has 10 heteroatoms. The first-order chi connectivity index (χ1) is 17.9. The van der Waals surface area contributed by atoms with Crippen molar-refractivity contribution >= 4 is 22.7 Å². The van der Waals surface area contributed by atoms with E-state index in [2.05, 4.69) is 10.3 Å². The van der Waals surface area contributed by atoms with Crippen LogP contribution in [0, 0.1) is 11.6 Å². The molecule has 1 aromatic heterocycles. The Hall–Kier alpha value is -4.34. The van der Waals surface area contributed by atoms with E-state index in [9.17, 15) is 13.6 Å². The van der Waals surface area contributed by atoms with Crippen molar-refractivity contribution in [3.05, 3.63) is 71.3 Å². The number of nitrogens with zero attached hydrogens (tertiary/aromatic N) is 2. The molecule has 0 spiro atoms. The number of benzene rings is 3. The van der Waals surface area contributed by atoms with Gasteiger partial charge in [0.2, 0.25) is 0 Å². The van der Waals surface area contributed by atoms with Gasteiger partial charge in [0, 0.05) is 41.9 Å². The summed E-state index contributed by atoms with van der Waals surface area (Å²) in [5.74, 6) is -0.617. The Morgan fingerprint density at radius 2 is 2.00 bits per heavy atom. The monoisotopic (exact) mass is 507 g/mol. The summed E-state index contributed by atoms with van der Waals surface area (Å²) in [5.41, 5.74) is 3.33. The number of para-hydroxylation sites is 1. The van der Waals surface area contributed by atoms with Crippen molar-refractivity contribution in [2.24, 2.45) is 0 Å². The number of ether oxygens (including phenoxy) is 4. The van der Waals surface area contributed by atoms with Crippen molar-refractivity contribution in [3.8, 4) is 23.2 Å². The van der Waals surface area contributed by atoms with Crippen LogP contribution in [0.15, 0.2) is 48.5 Å². The van der Waals surface area contributed by atoms with E-state index in [1.165, 1.54) is 13.0 Å². The van der Waals surface area contributed by atoms with Crippen molar-refractivity contribution in [1.82, 2.24) is 9.55 Å². The minimum Gasteiger partial charge on any atom is -0.489 e. The van der Waals surface area contributed by atoms with E-state index < -0.39 is 17.7 Å². The van der Waals surface area contributed by atoms with Gasteiger partial charge in [-0.05, 0) is 25.1 Å². The molecule has 3 aromatic carbocycles. The standard InChI is InChI=1S/C27H23F2N3O5/c1-3-34-27-31-25-19(29)9-15(28)10-22(25)32(27)21-6-4-5-17-20(12-36-26(17)21)30-16-7-8-18-23(11-16)35-13-24(18)37-14(2)33/h4-11,20,24,30H,3,12-13H2,1-2H3/t20-,24-/m1/s1. The van der Waals surface area contributed by atoms with E-state index >= 15 is 0 Å². The lowest BCUT2D eigenvalue weighted by atomic mass is 10.1. The molecule has 37 heavy (non-hydrogen) atoms. The van der Waals surface area contributed by atoms with E-state index in [1.54, 1.807) is 17.6 Å². The van der Waals surface area contributed by atoms with Crippen LogP contribution in [0.5, 0.6) is 17.5 Å². The zero-order valence-electron chi connectivity index (χ0n) is 20.1. The van der Waals surface area contributed by atoms with Crippen LogP contribution in [0.4, 0.5) is 14.5 Å². The molecule has 0 bridgehead atoms. The number of hydrogen-bond acceptors (Lipinski definition) is 7. The van der Waals surface area contributed by atoms with E-state index in [4.69, 9.17) is 18.9 Å². The van der Waals surface area contributed by atoms with Gasteiger partial charge in [0.05, 0.1) is 23.9 Å². The van der Waals surface area contributed by atoms with Crippen molar-refractivity contribution in [1.29, 1.82) is 0 Å². The van der Waals surface area contributed by atoms with Gasteiger partial charge in [0.1, 0.15) is 36.0 Å². The molecule has 0 aliphatic carbocycles. The average Bonchev–Trinajstić information content (AvgIpc) is 3.55. The van der Waals surface area contributed by atoms with E-state index in [-0.39, 0.29) is 35.7 Å². The van der Waals surface area contributed by atoms with Crippen LogP contribution in [0.3, 0.4) is 0 Å². The maximum absolute atomic E-state index is 14.5. The largest absolute Gasteiger partial charge is 0.489 e. The highest BCUT2D eigenvalue weighted by Gasteiger charge is 2.31. The molecule has 8 nitrogen and oxygen atoms in total. The molecule has 1 N–H and O–H groups in total. The Bertz CT molecular complexity index is 1540. The lowest BCUT2D eigenvalue weighted by Gasteiger charge is -2.15. The molecular weight excluding hydrogens is 484 g/mol. The number of rotatable bonds is 6. The van der Waals surface area contributed by atoms with Gasteiger partial charge >= 0.3 is 12.0 Å². The van der Waals surface area contributed by atoms with Crippen molar-refractivity contribution in [3.63, 3.8) is 0 Å². The molecule has 6 rings (SSSR count). The quantitative estimate of drug-likeness (QED) is 0.357. The molecule has 0 amide bonds. The zero-order chi connectivity index (χ0) is 25.7. The summed E-state index contributed by atoms with van der Waals surface area (Å²) in [6.07, 6.45) is -0.418. The second-order valence-electron chi connectivity index (χ2n) is 8.78. The van der Waals surface area contributed by atoms with Gasteiger partial charge in [-0.1, -0.05) is 12.1 Å². The fourth-order valence-corrected chi connectivity index (χ4v) is 4.84. The maximum Gasteiger partial charge on any atom is 0.303 e. The highest BCUT2D eigenvalue weighted by Crippen LogP contribution is 2.43. The minimum atomic E-state index is -0.766. The lowest BCUT2D eigenvalue weighted by Crippen LogP contribution is -2.12. The molecule has 190 valence electrons. The number of anilines is 1. The summed E-state index contributed by atoms with van der Waals surface area (Å²) in [5, 5.41) is 3.46. The van der Waals surface area contributed by atoms with Crippen LogP contribution < -0.4 is 19.5 Å². The molecule has 2 aliphatic heterocycles. The third-order valence-corrected chi connectivity index (χ3v) is 6.36. The zero-order valence-corrected chi connectivity index (χ0v) is 20.1. The van der Waals surface area contributed by atoms with Crippen molar-refractivity contribution < 1.29 is 32.5 Å². The maximum atomic E-state index is 14.5. The number of hydrogen-bond donors (Lipinski definition) is 1. The first kappa shape index (κ1) is 23.1. The average molecular weight is 507 g/mol. The topological polar surface area (TPSA) is 83.8 Å². The van der Waals surface area contributed by atoms with Gasteiger partial charge in [-0.3, -0.25) is 9.36 Å². The molecule has 4 aromatic rings. The molecule has 2 atom stereocenters. The normalized spacial score (nSPS) is 17.6. The molecule has 3 heterocycles. The predicted octanol–water partition coefficient (Wildman–Crippen LogP) is 5.24.